The van der Waals surface area contributed by atoms with E-state index in [1.807, 2.05) is 26.8 Å². The van der Waals surface area contributed by atoms with E-state index < -0.39 is 10.0 Å². The van der Waals surface area contributed by atoms with Crippen molar-refractivity contribution in [3.63, 3.8) is 0 Å². The summed E-state index contributed by atoms with van der Waals surface area (Å²) < 4.78 is 33.6. The van der Waals surface area contributed by atoms with Gasteiger partial charge in [0, 0.05) is 6.04 Å². The normalized spacial score (nSPS) is 13.9. The van der Waals surface area contributed by atoms with Gasteiger partial charge in [0.1, 0.15) is 17.2 Å². The average Bonchev–Trinajstić information content (AvgIpc) is 3.46. The van der Waals surface area contributed by atoms with E-state index in [-0.39, 0.29) is 29.1 Å². The van der Waals surface area contributed by atoms with Gasteiger partial charge in [-0.25, -0.2) is 8.42 Å². The Morgan fingerprint density at radius 3 is 2.43 bits per heavy atom. The topological polar surface area (TPSA) is 75.7 Å². The SMILES string of the molecule is COc1ccc(C)cc1S(=O)(=O)N(CC(=O)NC1CC1)c1ccc(C)c(C)c1. The third-order valence-corrected chi connectivity index (χ3v) is 6.69. The van der Waals surface area contributed by atoms with Crippen molar-refractivity contribution in [3.8, 4) is 5.75 Å². The molecule has 1 aliphatic rings. The van der Waals surface area contributed by atoms with Crippen molar-refractivity contribution in [2.24, 2.45) is 0 Å². The molecule has 150 valence electrons. The summed E-state index contributed by atoms with van der Waals surface area (Å²) in [6.07, 6.45) is 1.88. The van der Waals surface area contributed by atoms with E-state index in [1.165, 1.54) is 7.11 Å². The van der Waals surface area contributed by atoms with Crippen LogP contribution in [-0.2, 0) is 14.8 Å². The van der Waals surface area contributed by atoms with Gasteiger partial charge in [-0.15, -0.1) is 0 Å². The van der Waals surface area contributed by atoms with Crippen molar-refractivity contribution in [2.75, 3.05) is 18.0 Å². The molecule has 0 radical (unpaired) electrons. The van der Waals surface area contributed by atoms with E-state index in [1.54, 1.807) is 30.3 Å². The van der Waals surface area contributed by atoms with Crippen LogP contribution in [0.2, 0.25) is 0 Å². The zero-order chi connectivity index (χ0) is 20.5. The standard InChI is InChI=1S/C21H26N2O4S/c1-14-5-10-19(27-4)20(11-14)28(25,26)23(13-21(24)22-17-7-8-17)18-9-6-15(2)16(3)12-18/h5-6,9-12,17H,7-8,13H2,1-4H3,(H,22,24). The fraction of sp³-hybridized carbons (Fsp3) is 0.381. The molecule has 0 atom stereocenters. The second kappa shape index (κ2) is 7.83. The van der Waals surface area contributed by atoms with Crippen molar-refractivity contribution in [3.05, 3.63) is 53.1 Å². The minimum atomic E-state index is -4.01. The predicted molar refractivity (Wildman–Crippen MR) is 109 cm³/mol. The van der Waals surface area contributed by atoms with Gasteiger partial charge < -0.3 is 10.1 Å². The molecule has 1 N–H and O–H groups in total. The smallest absolute Gasteiger partial charge is 0.268 e. The largest absolute Gasteiger partial charge is 0.495 e. The Hall–Kier alpha value is -2.54. The van der Waals surface area contributed by atoms with Gasteiger partial charge in [0.25, 0.3) is 10.0 Å². The van der Waals surface area contributed by atoms with Crippen LogP contribution in [-0.4, -0.2) is 34.0 Å². The Morgan fingerprint density at radius 2 is 1.82 bits per heavy atom. The molecule has 6 nitrogen and oxygen atoms in total. The fourth-order valence-electron chi connectivity index (χ4n) is 2.93. The third kappa shape index (κ3) is 4.30. The Labute approximate surface area is 166 Å². The number of carbonyl (C=O) groups excluding carboxylic acids is 1. The summed E-state index contributed by atoms with van der Waals surface area (Å²) in [5.74, 6) is -0.0574. The number of hydrogen-bond donors (Lipinski definition) is 1. The van der Waals surface area contributed by atoms with E-state index in [2.05, 4.69) is 5.32 Å². The van der Waals surface area contributed by atoms with E-state index in [4.69, 9.17) is 4.74 Å². The molecular formula is C21H26N2O4S. The van der Waals surface area contributed by atoms with E-state index in [0.717, 1.165) is 33.8 Å². The minimum absolute atomic E-state index is 0.0486. The van der Waals surface area contributed by atoms with Gasteiger partial charge in [0.2, 0.25) is 5.91 Å². The van der Waals surface area contributed by atoms with Crippen LogP contribution in [0.25, 0.3) is 0 Å². The lowest BCUT2D eigenvalue weighted by molar-refractivity contribution is -0.119. The number of benzene rings is 2. The van der Waals surface area contributed by atoms with E-state index in [9.17, 15) is 13.2 Å². The summed E-state index contributed by atoms with van der Waals surface area (Å²) in [5, 5.41) is 2.87. The van der Waals surface area contributed by atoms with Crippen molar-refractivity contribution in [1.29, 1.82) is 0 Å². The molecule has 0 bridgehead atoms. The molecule has 1 amide bonds. The van der Waals surface area contributed by atoms with Crippen LogP contribution in [0, 0.1) is 20.8 Å². The maximum Gasteiger partial charge on any atom is 0.268 e. The van der Waals surface area contributed by atoms with Crippen molar-refractivity contribution >= 4 is 21.6 Å². The number of sulfonamides is 1. The second-order valence-electron chi connectivity index (χ2n) is 7.28. The number of hydrogen-bond acceptors (Lipinski definition) is 4. The van der Waals surface area contributed by atoms with E-state index >= 15 is 0 Å². The van der Waals surface area contributed by atoms with Crippen LogP contribution in [0.4, 0.5) is 5.69 Å². The number of ether oxygens (including phenoxy) is 1. The summed E-state index contributed by atoms with van der Waals surface area (Å²) >= 11 is 0. The minimum Gasteiger partial charge on any atom is -0.495 e. The lowest BCUT2D eigenvalue weighted by atomic mass is 10.1. The molecule has 0 saturated heterocycles. The van der Waals surface area contributed by atoms with Crippen LogP contribution in [0.5, 0.6) is 5.75 Å². The summed E-state index contributed by atoms with van der Waals surface area (Å²) in [7, 11) is -2.58. The summed E-state index contributed by atoms with van der Waals surface area (Å²) in [6.45, 7) is 5.42. The Morgan fingerprint density at radius 1 is 1.11 bits per heavy atom. The number of anilines is 1. The number of nitrogens with one attached hydrogen (secondary N) is 1. The van der Waals surface area contributed by atoms with Crippen LogP contribution in [0.3, 0.4) is 0 Å². The van der Waals surface area contributed by atoms with Gasteiger partial charge >= 0.3 is 0 Å². The number of carbonyl (C=O) groups is 1. The molecule has 1 saturated carbocycles. The summed E-state index contributed by atoms with van der Waals surface area (Å²) in [5.41, 5.74) is 3.26. The monoisotopic (exact) mass is 402 g/mol. The van der Waals surface area contributed by atoms with Crippen LogP contribution < -0.4 is 14.4 Å². The maximum absolute atomic E-state index is 13.6. The molecule has 0 heterocycles. The zero-order valence-electron chi connectivity index (χ0n) is 16.7. The first-order chi connectivity index (χ1) is 13.2. The number of aryl methyl sites for hydroxylation is 3. The molecule has 1 fully saturated rings. The van der Waals surface area contributed by atoms with Crippen LogP contribution >= 0.6 is 0 Å². The average molecular weight is 403 g/mol. The van der Waals surface area contributed by atoms with Gasteiger partial charge in [-0.2, -0.15) is 0 Å². The highest BCUT2D eigenvalue weighted by molar-refractivity contribution is 7.93. The van der Waals surface area contributed by atoms with Crippen molar-refractivity contribution < 1.29 is 17.9 Å². The lowest BCUT2D eigenvalue weighted by Gasteiger charge is -2.25. The highest BCUT2D eigenvalue weighted by atomic mass is 32.2. The maximum atomic E-state index is 13.6. The number of nitrogens with zero attached hydrogens (tertiary/aromatic N) is 1. The Bertz CT molecular complexity index is 997. The van der Waals surface area contributed by atoms with Gasteiger partial charge in [-0.05, 0) is 74.6 Å². The molecule has 28 heavy (non-hydrogen) atoms. The first kappa shape index (κ1) is 20.2. The van der Waals surface area contributed by atoms with Gasteiger partial charge in [0.15, 0.2) is 0 Å². The summed E-state index contributed by atoms with van der Waals surface area (Å²) in [4.78, 5) is 12.5. The molecule has 0 unspecified atom stereocenters. The van der Waals surface area contributed by atoms with Crippen LogP contribution in [0.1, 0.15) is 29.5 Å². The van der Waals surface area contributed by atoms with Gasteiger partial charge in [-0.3, -0.25) is 9.10 Å². The van der Waals surface area contributed by atoms with Crippen LogP contribution in [0.15, 0.2) is 41.3 Å². The molecule has 1 aliphatic carbocycles. The molecular weight excluding hydrogens is 376 g/mol. The third-order valence-electron chi connectivity index (χ3n) is 4.90. The molecule has 2 aromatic rings. The Balaban J connectivity index is 2.07. The highest BCUT2D eigenvalue weighted by Crippen LogP contribution is 2.31. The first-order valence-corrected chi connectivity index (χ1v) is 10.7. The molecule has 2 aromatic carbocycles. The fourth-order valence-corrected chi connectivity index (χ4v) is 4.59. The highest BCUT2D eigenvalue weighted by Gasteiger charge is 2.32. The van der Waals surface area contributed by atoms with Gasteiger partial charge in [0.05, 0.1) is 12.8 Å². The number of amides is 1. The number of methoxy groups -OCH3 is 1. The molecule has 0 aliphatic heterocycles. The van der Waals surface area contributed by atoms with Crippen molar-refractivity contribution in [2.45, 2.75) is 44.6 Å². The first-order valence-electron chi connectivity index (χ1n) is 9.26. The number of rotatable bonds is 7. The Kier molecular flexibility index (Phi) is 5.65. The van der Waals surface area contributed by atoms with E-state index in [0.29, 0.717) is 5.69 Å². The zero-order valence-corrected chi connectivity index (χ0v) is 17.5. The second-order valence-corrected chi connectivity index (χ2v) is 9.11. The van der Waals surface area contributed by atoms with Gasteiger partial charge in [-0.1, -0.05) is 12.1 Å². The molecule has 0 aromatic heterocycles. The lowest BCUT2D eigenvalue weighted by Crippen LogP contribution is -2.41. The summed E-state index contributed by atoms with van der Waals surface area (Å²) in [6, 6.07) is 10.5. The molecule has 3 rings (SSSR count). The molecule has 7 heteroatoms. The van der Waals surface area contributed by atoms with Crippen molar-refractivity contribution in [1.82, 2.24) is 5.32 Å². The molecule has 0 spiro atoms. The predicted octanol–water partition coefficient (Wildman–Crippen LogP) is 3.09. The quantitative estimate of drug-likeness (QED) is 0.772.